The number of aromatic hydroxyl groups is 1. The van der Waals surface area contributed by atoms with E-state index in [0.717, 1.165) is 22.2 Å². The molecule has 80 valence electrons. The zero-order chi connectivity index (χ0) is 11.4. The first-order valence-corrected chi connectivity index (χ1v) is 5.24. The quantitative estimate of drug-likeness (QED) is 0.709. The van der Waals surface area contributed by atoms with Gasteiger partial charge < -0.3 is 5.11 Å². The highest BCUT2D eigenvalue weighted by atomic mass is 16.3. The molecule has 1 N–H and O–H groups in total. The van der Waals surface area contributed by atoms with Crippen molar-refractivity contribution in [2.45, 2.75) is 27.7 Å². The van der Waals surface area contributed by atoms with Crippen LogP contribution in [-0.2, 0) is 0 Å². The Hall–Kier alpha value is -1.57. The van der Waals surface area contributed by atoms with Crippen LogP contribution in [0.25, 0.3) is 10.9 Å². The zero-order valence-electron chi connectivity index (χ0n) is 9.70. The van der Waals surface area contributed by atoms with Crippen molar-refractivity contribution < 1.29 is 5.11 Å². The third-order valence-electron chi connectivity index (χ3n) is 2.15. The predicted octanol–water partition coefficient (Wildman–Crippen LogP) is 3.58. The van der Waals surface area contributed by atoms with Crippen molar-refractivity contribution in [2.24, 2.45) is 0 Å². The average molecular weight is 203 g/mol. The van der Waals surface area contributed by atoms with Crippen LogP contribution in [0.1, 0.15) is 25.1 Å². The highest BCUT2D eigenvalue weighted by Gasteiger charge is 2.00. The minimum atomic E-state index is 0.332. The predicted molar refractivity (Wildman–Crippen MR) is 64.2 cm³/mol. The number of fused-ring (bicyclic) bond motifs is 1. The fraction of sp³-hybridized carbons (Fsp3) is 0.308. The molecule has 0 spiro atoms. The molecule has 1 aromatic heterocycles. The van der Waals surface area contributed by atoms with Gasteiger partial charge in [-0.05, 0) is 37.6 Å². The van der Waals surface area contributed by atoms with E-state index in [4.69, 9.17) is 0 Å². The number of hydrogen-bond donors (Lipinski definition) is 1. The van der Waals surface area contributed by atoms with Crippen molar-refractivity contribution in [2.75, 3.05) is 0 Å². The highest BCUT2D eigenvalue weighted by Crippen LogP contribution is 2.22. The van der Waals surface area contributed by atoms with Gasteiger partial charge in [-0.25, -0.2) is 0 Å². The van der Waals surface area contributed by atoms with Gasteiger partial charge in [-0.2, -0.15) is 0 Å². The number of phenolic OH excluding ortho intramolecular Hbond substituents is 1. The Balaban J connectivity index is 0.000000531. The first-order chi connectivity index (χ1) is 7.16. The van der Waals surface area contributed by atoms with Gasteiger partial charge >= 0.3 is 0 Å². The normalized spacial score (nSPS) is 9.60. The van der Waals surface area contributed by atoms with Crippen LogP contribution < -0.4 is 0 Å². The van der Waals surface area contributed by atoms with Gasteiger partial charge in [0.25, 0.3) is 0 Å². The van der Waals surface area contributed by atoms with Gasteiger partial charge in [0.05, 0.1) is 5.52 Å². The van der Waals surface area contributed by atoms with Crippen LogP contribution in [0.3, 0.4) is 0 Å². The Kier molecular flexibility index (Phi) is 3.67. The van der Waals surface area contributed by atoms with Crippen LogP contribution in [0.5, 0.6) is 5.75 Å². The third kappa shape index (κ3) is 2.46. The van der Waals surface area contributed by atoms with Gasteiger partial charge in [0.1, 0.15) is 5.75 Å². The molecule has 0 fully saturated rings. The summed E-state index contributed by atoms with van der Waals surface area (Å²) in [4.78, 5) is 4.37. The molecular weight excluding hydrogens is 186 g/mol. The van der Waals surface area contributed by atoms with E-state index >= 15 is 0 Å². The zero-order valence-corrected chi connectivity index (χ0v) is 9.70. The van der Waals surface area contributed by atoms with Crippen molar-refractivity contribution in [1.29, 1.82) is 0 Å². The molecule has 0 bridgehead atoms. The van der Waals surface area contributed by atoms with E-state index in [0.29, 0.717) is 5.75 Å². The first-order valence-electron chi connectivity index (χ1n) is 5.24. The second-order valence-corrected chi connectivity index (χ2v) is 3.28. The number of pyridine rings is 1. The fourth-order valence-electron chi connectivity index (χ4n) is 1.37. The van der Waals surface area contributed by atoms with E-state index in [1.165, 1.54) is 0 Å². The lowest BCUT2D eigenvalue weighted by molar-refractivity contribution is 0.472. The summed E-state index contributed by atoms with van der Waals surface area (Å²) in [7, 11) is 0. The smallest absolute Gasteiger partial charge is 0.119 e. The van der Waals surface area contributed by atoms with Gasteiger partial charge in [0, 0.05) is 11.1 Å². The molecule has 0 saturated carbocycles. The van der Waals surface area contributed by atoms with E-state index in [2.05, 4.69) is 4.98 Å². The van der Waals surface area contributed by atoms with Crippen molar-refractivity contribution in [3.8, 4) is 5.75 Å². The standard InChI is InChI=1S/C11H11NO.C2H6/c1-7-5-10-9(6-11(7)13)4-3-8(2)12-10;1-2/h3-6,13H,1-2H3;1-2H3. The molecule has 2 heteroatoms. The van der Waals surface area contributed by atoms with E-state index in [9.17, 15) is 5.11 Å². The largest absolute Gasteiger partial charge is 0.508 e. The number of benzene rings is 1. The van der Waals surface area contributed by atoms with E-state index < -0.39 is 0 Å². The highest BCUT2D eigenvalue weighted by molar-refractivity contribution is 5.81. The summed E-state index contributed by atoms with van der Waals surface area (Å²) in [6, 6.07) is 7.56. The average Bonchev–Trinajstić information content (AvgIpc) is 2.23. The van der Waals surface area contributed by atoms with E-state index in [-0.39, 0.29) is 0 Å². The van der Waals surface area contributed by atoms with Crippen LogP contribution in [0.15, 0.2) is 24.3 Å². The summed E-state index contributed by atoms with van der Waals surface area (Å²) < 4.78 is 0. The van der Waals surface area contributed by atoms with Crippen LogP contribution in [-0.4, -0.2) is 10.1 Å². The molecule has 1 aromatic carbocycles. The second kappa shape index (κ2) is 4.78. The van der Waals surface area contributed by atoms with Gasteiger partial charge in [-0.1, -0.05) is 19.9 Å². The Labute approximate surface area is 90.6 Å². The maximum absolute atomic E-state index is 9.46. The topological polar surface area (TPSA) is 33.1 Å². The van der Waals surface area contributed by atoms with Gasteiger partial charge in [0.15, 0.2) is 0 Å². The minimum Gasteiger partial charge on any atom is -0.508 e. The lowest BCUT2D eigenvalue weighted by atomic mass is 10.1. The maximum Gasteiger partial charge on any atom is 0.119 e. The fourth-order valence-corrected chi connectivity index (χ4v) is 1.37. The van der Waals surface area contributed by atoms with Crippen molar-refractivity contribution in [1.82, 2.24) is 4.98 Å². The number of rotatable bonds is 0. The molecule has 0 aliphatic rings. The molecule has 15 heavy (non-hydrogen) atoms. The first kappa shape index (κ1) is 11.5. The molecule has 0 atom stereocenters. The number of aromatic nitrogens is 1. The lowest BCUT2D eigenvalue weighted by Gasteiger charge is -2.02. The monoisotopic (exact) mass is 203 g/mol. The number of aryl methyl sites for hydroxylation is 2. The third-order valence-corrected chi connectivity index (χ3v) is 2.15. The van der Waals surface area contributed by atoms with E-state index in [1.54, 1.807) is 6.07 Å². The molecule has 0 amide bonds. The molecule has 2 nitrogen and oxygen atoms in total. The van der Waals surface area contributed by atoms with Gasteiger partial charge in [0.2, 0.25) is 0 Å². The van der Waals surface area contributed by atoms with Crippen molar-refractivity contribution in [3.05, 3.63) is 35.5 Å². The van der Waals surface area contributed by atoms with Crippen LogP contribution >= 0.6 is 0 Å². The molecule has 0 aliphatic carbocycles. The summed E-state index contributed by atoms with van der Waals surface area (Å²) >= 11 is 0. The minimum absolute atomic E-state index is 0.332. The molecule has 0 radical (unpaired) electrons. The number of hydrogen-bond acceptors (Lipinski definition) is 2. The van der Waals surface area contributed by atoms with Crippen LogP contribution in [0.4, 0.5) is 0 Å². The Bertz CT molecular complexity index is 463. The van der Waals surface area contributed by atoms with Gasteiger partial charge in [-0.15, -0.1) is 0 Å². The summed E-state index contributed by atoms with van der Waals surface area (Å²) in [5.74, 6) is 0.332. The summed E-state index contributed by atoms with van der Waals surface area (Å²) in [6.45, 7) is 7.83. The molecule has 2 aromatic rings. The van der Waals surface area contributed by atoms with Gasteiger partial charge in [-0.3, -0.25) is 4.98 Å². The molecule has 2 rings (SSSR count). The summed E-state index contributed by atoms with van der Waals surface area (Å²) in [5, 5.41) is 10.4. The second-order valence-electron chi connectivity index (χ2n) is 3.28. The molecular formula is C13H17NO. The number of nitrogens with zero attached hydrogens (tertiary/aromatic N) is 1. The Morgan fingerprint density at radius 2 is 1.73 bits per heavy atom. The summed E-state index contributed by atoms with van der Waals surface area (Å²) in [5.41, 5.74) is 2.80. The number of phenols is 1. The van der Waals surface area contributed by atoms with Crippen molar-refractivity contribution >= 4 is 10.9 Å². The van der Waals surface area contributed by atoms with E-state index in [1.807, 2.05) is 45.9 Å². The van der Waals surface area contributed by atoms with Crippen LogP contribution in [0, 0.1) is 13.8 Å². The SMILES string of the molecule is CC.Cc1ccc2cc(O)c(C)cc2n1. The Morgan fingerprint density at radius 1 is 1.07 bits per heavy atom. The molecule has 0 aliphatic heterocycles. The maximum atomic E-state index is 9.46. The summed E-state index contributed by atoms with van der Waals surface area (Å²) in [6.07, 6.45) is 0. The molecule has 0 unspecified atom stereocenters. The molecule has 1 heterocycles. The lowest BCUT2D eigenvalue weighted by Crippen LogP contribution is -1.84. The van der Waals surface area contributed by atoms with Crippen LogP contribution in [0.2, 0.25) is 0 Å². The Morgan fingerprint density at radius 3 is 2.40 bits per heavy atom. The van der Waals surface area contributed by atoms with Crippen molar-refractivity contribution in [3.63, 3.8) is 0 Å². The molecule has 0 saturated heterocycles.